The highest BCUT2D eigenvalue weighted by Gasteiger charge is 1.94. The fourth-order valence-electron chi connectivity index (χ4n) is 1.50. The largest absolute Gasteiger partial charge is 0.152 e. The Morgan fingerprint density at radius 2 is 2.00 bits per heavy atom. The van der Waals surface area contributed by atoms with Crippen molar-refractivity contribution in [3.63, 3.8) is 0 Å². The number of hydrogen-bond acceptors (Lipinski definition) is 1. The van der Waals surface area contributed by atoms with Crippen molar-refractivity contribution >= 4 is 23.0 Å². The lowest BCUT2D eigenvalue weighted by molar-refractivity contribution is 1.41. The van der Waals surface area contributed by atoms with Gasteiger partial charge < -0.3 is 0 Å². The van der Waals surface area contributed by atoms with Gasteiger partial charge in [0.05, 0.1) is 0 Å². The minimum atomic E-state index is 0.903. The number of allylic oxidation sites excluding steroid dienone is 2. The second-order valence-corrected chi connectivity index (χ2v) is 4.41. The molecule has 0 atom stereocenters. The summed E-state index contributed by atoms with van der Waals surface area (Å²) < 4.78 is 0. The van der Waals surface area contributed by atoms with Crippen molar-refractivity contribution in [1.82, 2.24) is 0 Å². The quantitative estimate of drug-likeness (QED) is 0.698. The van der Waals surface area contributed by atoms with Gasteiger partial charge in [0.2, 0.25) is 0 Å². The summed E-state index contributed by atoms with van der Waals surface area (Å²) in [5, 5.41) is 4.23. The normalized spacial score (nSPS) is 10.8. The molecule has 2 rings (SSSR count). The summed E-state index contributed by atoms with van der Waals surface area (Å²) in [6.45, 7) is 4.10. The van der Waals surface area contributed by atoms with Crippen LogP contribution in [0.3, 0.4) is 0 Å². The molecule has 0 amide bonds. The highest BCUT2D eigenvalue weighted by atomic mass is 32.1. The lowest BCUT2D eigenvalue weighted by Gasteiger charge is -2.01. The van der Waals surface area contributed by atoms with Crippen molar-refractivity contribution in [3.05, 3.63) is 70.9 Å². The van der Waals surface area contributed by atoms with E-state index in [1.807, 2.05) is 18.2 Å². The Kier molecular flexibility index (Phi) is 3.73. The molecule has 0 fully saturated rings. The molecule has 0 nitrogen and oxygen atoms in total. The maximum Gasteiger partial charge on any atom is -0.00209 e. The van der Waals surface area contributed by atoms with Crippen LogP contribution in [-0.4, -0.2) is 0 Å². The Bertz CT molecular complexity index is 463. The molecule has 0 spiro atoms. The van der Waals surface area contributed by atoms with Crippen molar-refractivity contribution in [1.29, 1.82) is 0 Å². The monoisotopic (exact) mass is 226 g/mol. The Morgan fingerprint density at radius 3 is 2.69 bits per heavy atom. The molecule has 1 aromatic heterocycles. The van der Waals surface area contributed by atoms with Gasteiger partial charge >= 0.3 is 0 Å². The summed E-state index contributed by atoms with van der Waals surface area (Å²) in [6.07, 6.45) is 5.21. The second kappa shape index (κ2) is 5.47. The summed E-state index contributed by atoms with van der Waals surface area (Å²) in [5.74, 6) is 0. The zero-order valence-electron chi connectivity index (χ0n) is 9.10. The molecular weight excluding hydrogens is 212 g/mol. The molecule has 0 aliphatic heterocycles. The third-order valence-corrected chi connectivity index (χ3v) is 3.10. The smallest absolute Gasteiger partial charge is 0.00209 e. The molecule has 0 N–H and O–H groups in total. The highest BCUT2D eigenvalue weighted by Crippen LogP contribution is 2.17. The van der Waals surface area contributed by atoms with Gasteiger partial charge in [-0.25, -0.2) is 0 Å². The first-order valence-electron chi connectivity index (χ1n) is 5.28. The van der Waals surface area contributed by atoms with Gasteiger partial charge in [0.15, 0.2) is 0 Å². The third kappa shape index (κ3) is 2.94. The van der Waals surface area contributed by atoms with Crippen molar-refractivity contribution in [2.24, 2.45) is 0 Å². The Hall–Kier alpha value is -1.60. The Balaban J connectivity index is 1.94. The van der Waals surface area contributed by atoms with Crippen LogP contribution in [0.4, 0.5) is 0 Å². The van der Waals surface area contributed by atoms with Gasteiger partial charge in [0.25, 0.3) is 0 Å². The molecule has 0 saturated carbocycles. The first-order chi connectivity index (χ1) is 7.86. The zero-order chi connectivity index (χ0) is 11.2. The van der Waals surface area contributed by atoms with Crippen LogP contribution in [0.2, 0.25) is 0 Å². The summed E-state index contributed by atoms with van der Waals surface area (Å²) in [6, 6.07) is 12.4. The molecule has 1 aromatic carbocycles. The predicted molar refractivity (Wildman–Crippen MR) is 73.4 cm³/mol. The molecule has 0 unspecified atom stereocenters. The minimum absolute atomic E-state index is 0.903. The Morgan fingerprint density at radius 1 is 1.19 bits per heavy atom. The summed E-state index contributed by atoms with van der Waals surface area (Å²) >= 11 is 1.72. The standard InChI is InChI=1S/C15H14S/c1-13(15-8-3-2-4-9-15)6-5-7-14-10-11-16-12-14/h2-5,7-12H,1,6H2/b7-5+. The van der Waals surface area contributed by atoms with Crippen molar-refractivity contribution in [2.75, 3.05) is 0 Å². The lowest BCUT2D eigenvalue weighted by Crippen LogP contribution is -1.79. The van der Waals surface area contributed by atoms with Gasteiger partial charge in [0, 0.05) is 0 Å². The molecule has 0 bridgehead atoms. The van der Waals surface area contributed by atoms with Crippen LogP contribution >= 0.6 is 11.3 Å². The van der Waals surface area contributed by atoms with Gasteiger partial charge in [-0.3, -0.25) is 0 Å². The highest BCUT2D eigenvalue weighted by molar-refractivity contribution is 7.08. The van der Waals surface area contributed by atoms with Gasteiger partial charge in [-0.1, -0.05) is 49.1 Å². The SMILES string of the molecule is C=C(C/C=C/c1ccsc1)c1ccccc1. The van der Waals surface area contributed by atoms with Crippen LogP contribution in [0, 0.1) is 0 Å². The fourth-order valence-corrected chi connectivity index (χ4v) is 2.13. The van der Waals surface area contributed by atoms with Crippen LogP contribution < -0.4 is 0 Å². The van der Waals surface area contributed by atoms with Gasteiger partial charge in [0.1, 0.15) is 0 Å². The zero-order valence-corrected chi connectivity index (χ0v) is 9.91. The molecule has 1 heterocycles. The summed E-state index contributed by atoms with van der Waals surface area (Å²) in [5.41, 5.74) is 3.65. The van der Waals surface area contributed by atoms with Crippen molar-refractivity contribution < 1.29 is 0 Å². The van der Waals surface area contributed by atoms with E-state index in [0.29, 0.717) is 0 Å². The molecule has 0 radical (unpaired) electrons. The van der Waals surface area contributed by atoms with Crippen LogP contribution in [0.5, 0.6) is 0 Å². The van der Waals surface area contributed by atoms with Crippen LogP contribution in [0.15, 0.2) is 59.8 Å². The first kappa shape index (κ1) is 10.9. The second-order valence-electron chi connectivity index (χ2n) is 3.63. The van der Waals surface area contributed by atoms with E-state index in [1.54, 1.807) is 11.3 Å². The maximum atomic E-state index is 4.10. The Labute approximate surface area is 101 Å². The molecule has 80 valence electrons. The summed E-state index contributed by atoms with van der Waals surface area (Å²) in [4.78, 5) is 0. The van der Waals surface area contributed by atoms with Crippen molar-refractivity contribution in [3.8, 4) is 0 Å². The lowest BCUT2D eigenvalue weighted by atomic mass is 10.0. The third-order valence-electron chi connectivity index (χ3n) is 2.40. The van der Waals surface area contributed by atoms with Crippen LogP contribution in [0.25, 0.3) is 11.6 Å². The van der Waals surface area contributed by atoms with Crippen molar-refractivity contribution in [2.45, 2.75) is 6.42 Å². The molecule has 1 heteroatoms. The fraction of sp³-hybridized carbons (Fsp3) is 0.0667. The van der Waals surface area contributed by atoms with Gasteiger partial charge in [-0.2, -0.15) is 11.3 Å². The van der Waals surface area contributed by atoms with E-state index in [1.165, 1.54) is 11.1 Å². The van der Waals surface area contributed by atoms with E-state index in [4.69, 9.17) is 0 Å². The molecule has 16 heavy (non-hydrogen) atoms. The number of benzene rings is 1. The first-order valence-corrected chi connectivity index (χ1v) is 6.22. The predicted octanol–water partition coefficient (Wildman–Crippen LogP) is 4.86. The van der Waals surface area contributed by atoms with Gasteiger partial charge in [-0.15, -0.1) is 0 Å². The summed E-state index contributed by atoms with van der Waals surface area (Å²) in [7, 11) is 0. The van der Waals surface area contributed by atoms with Gasteiger partial charge in [-0.05, 0) is 39.9 Å². The molecular formula is C15H14S. The van der Waals surface area contributed by atoms with E-state index in [9.17, 15) is 0 Å². The van der Waals surface area contributed by atoms with E-state index in [-0.39, 0.29) is 0 Å². The average molecular weight is 226 g/mol. The average Bonchev–Trinajstić information content (AvgIpc) is 2.83. The molecule has 2 aromatic rings. The van der Waals surface area contributed by atoms with E-state index < -0.39 is 0 Å². The minimum Gasteiger partial charge on any atom is -0.152 e. The number of hydrogen-bond donors (Lipinski definition) is 0. The van der Waals surface area contributed by atoms with E-state index in [0.717, 1.165) is 12.0 Å². The molecule has 0 aliphatic carbocycles. The van der Waals surface area contributed by atoms with Crippen LogP contribution in [-0.2, 0) is 0 Å². The van der Waals surface area contributed by atoms with Crippen LogP contribution in [0.1, 0.15) is 17.5 Å². The molecule has 0 aliphatic rings. The topological polar surface area (TPSA) is 0 Å². The molecule has 0 saturated heterocycles. The van der Waals surface area contributed by atoms with E-state index in [2.05, 4.69) is 47.7 Å². The number of thiophene rings is 1. The maximum absolute atomic E-state index is 4.10. The van der Waals surface area contributed by atoms with E-state index >= 15 is 0 Å². The number of rotatable bonds is 4.